The summed E-state index contributed by atoms with van der Waals surface area (Å²) in [6.07, 6.45) is -6.08. The molecule has 0 aliphatic heterocycles. The SMILES string of the molecule is COc1c(CO)cc(OC(F)(F)F)cc1NC(=O)OCC(Cl)(Cl)Cl. The van der Waals surface area contributed by atoms with Crippen LogP contribution in [0.15, 0.2) is 12.1 Å². The molecule has 0 atom stereocenters. The molecule has 0 bridgehead atoms. The molecule has 1 aromatic carbocycles. The number of ether oxygens (including phenoxy) is 3. The van der Waals surface area contributed by atoms with Gasteiger partial charge in [-0.2, -0.15) is 0 Å². The standard InChI is InChI=1S/C12H11Cl3F3NO5/c1-22-9-6(4-20)2-7(24-12(16,17)18)3-8(9)19-10(21)23-5-11(13,14)15/h2-3,20H,4-5H2,1H3,(H,19,21). The number of aliphatic hydroxyl groups excluding tert-OH is 1. The largest absolute Gasteiger partial charge is 0.573 e. The number of anilines is 1. The van der Waals surface area contributed by atoms with Crippen molar-refractivity contribution in [2.45, 2.75) is 16.8 Å². The van der Waals surface area contributed by atoms with E-state index in [1.165, 1.54) is 7.11 Å². The second-order valence-corrected chi connectivity index (χ2v) is 6.70. The monoisotopic (exact) mass is 411 g/mol. The van der Waals surface area contributed by atoms with Gasteiger partial charge in [0.15, 0.2) is 0 Å². The Labute approximate surface area is 149 Å². The Balaban J connectivity index is 3.05. The number of hydrogen-bond donors (Lipinski definition) is 2. The molecular weight excluding hydrogens is 401 g/mol. The topological polar surface area (TPSA) is 77.0 Å². The van der Waals surface area contributed by atoms with E-state index in [0.717, 1.165) is 12.1 Å². The molecular formula is C12H11Cl3F3NO5. The lowest BCUT2D eigenvalue weighted by Gasteiger charge is -2.17. The van der Waals surface area contributed by atoms with Crippen LogP contribution in [-0.4, -0.2) is 35.1 Å². The molecule has 0 unspecified atom stereocenters. The van der Waals surface area contributed by atoms with Crippen LogP contribution in [0.1, 0.15) is 5.56 Å². The Kier molecular flexibility index (Phi) is 7.09. The minimum atomic E-state index is -4.96. The van der Waals surface area contributed by atoms with Gasteiger partial charge in [0.25, 0.3) is 0 Å². The van der Waals surface area contributed by atoms with Gasteiger partial charge in [0.05, 0.1) is 19.4 Å². The van der Waals surface area contributed by atoms with E-state index < -0.39 is 35.2 Å². The van der Waals surface area contributed by atoms with Crippen LogP contribution in [0.3, 0.4) is 0 Å². The minimum absolute atomic E-state index is 0.0593. The molecule has 0 aromatic heterocycles. The maximum Gasteiger partial charge on any atom is 0.573 e. The predicted octanol–water partition coefficient (Wildman–Crippen LogP) is 4.00. The van der Waals surface area contributed by atoms with Crippen molar-refractivity contribution in [2.75, 3.05) is 19.0 Å². The Morgan fingerprint density at radius 2 is 1.92 bits per heavy atom. The molecule has 24 heavy (non-hydrogen) atoms. The van der Waals surface area contributed by atoms with Crippen molar-refractivity contribution >= 4 is 46.6 Å². The van der Waals surface area contributed by atoms with Crippen LogP contribution in [0.25, 0.3) is 0 Å². The van der Waals surface area contributed by atoms with Crippen LogP contribution in [0, 0.1) is 0 Å². The predicted molar refractivity (Wildman–Crippen MR) is 80.9 cm³/mol. The van der Waals surface area contributed by atoms with E-state index in [1.807, 2.05) is 0 Å². The van der Waals surface area contributed by atoms with Crippen LogP contribution in [0.5, 0.6) is 11.5 Å². The Bertz CT molecular complexity index is 593. The van der Waals surface area contributed by atoms with Crippen molar-refractivity contribution in [1.29, 1.82) is 0 Å². The molecule has 0 aliphatic carbocycles. The number of aliphatic hydroxyl groups is 1. The highest BCUT2D eigenvalue weighted by Gasteiger charge is 2.32. The summed E-state index contributed by atoms with van der Waals surface area (Å²) in [5, 5.41) is 11.3. The molecule has 136 valence electrons. The molecule has 1 rings (SSSR count). The number of halogens is 6. The lowest BCUT2D eigenvalue weighted by atomic mass is 10.1. The Hall–Kier alpha value is -1.29. The van der Waals surface area contributed by atoms with E-state index in [1.54, 1.807) is 0 Å². The van der Waals surface area contributed by atoms with E-state index in [2.05, 4.69) is 14.8 Å². The zero-order chi connectivity index (χ0) is 18.5. The average molecular weight is 413 g/mol. The van der Waals surface area contributed by atoms with Crippen molar-refractivity contribution in [2.24, 2.45) is 0 Å². The van der Waals surface area contributed by atoms with Gasteiger partial charge >= 0.3 is 12.5 Å². The Morgan fingerprint density at radius 3 is 2.38 bits per heavy atom. The highest BCUT2D eigenvalue weighted by molar-refractivity contribution is 6.67. The van der Waals surface area contributed by atoms with Crippen LogP contribution in [0.2, 0.25) is 0 Å². The first-order valence-electron chi connectivity index (χ1n) is 6.03. The summed E-state index contributed by atoms with van der Waals surface area (Å²) in [5.74, 6) is -0.762. The molecule has 12 heteroatoms. The first-order chi connectivity index (χ1) is 10.9. The number of carbonyl (C=O) groups excluding carboxylic acids is 1. The second-order valence-electron chi connectivity index (χ2n) is 4.19. The van der Waals surface area contributed by atoms with Crippen molar-refractivity contribution in [3.63, 3.8) is 0 Å². The minimum Gasteiger partial charge on any atom is -0.494 e. The van der Waals surface area contributed by atoms with Crippen molar-refractivity contribution in [3.8, 4) is 11.5 Å². The number of nitrogens with one attached hydrogen (secondary N) is 1. The van der Waals surface area contributed by atoms with Gasteiger partial charge in [-0.3, -0.25) is 5.32 Å². The fourth-order valence-corrected chi connectivity index (χ4v) is 1.76. The van der Waals surface area contributed by atoms with Crippen molar-refractivity contribution in [3.05, 3.63) is 17.7 Å². The van der Waals surface area contributed by atoms with Gasteiger partial charge in [-0.1, -0.05) is 34.8 Å². The number of carbonyl (C=O) groups is 1. The summed E-state index contributed by atoms with van der Waals surface area (Å²) in [6.45, 7) is -1.27. The molecule has 0 heterocycles. The normalized spacial score (nSPS) is 11.8. The van der Waals surface area contributed by atoms with E-state index in [-0.39, 0.29) is 17.0 Å². The van der Waals surface area contributed by atoms with Crippen molar-refractivity contribution in [1.82, 2.24) is 0 Å². The molecule has 0 spiro atoms. The fourth-order valence-electron chi connectivity index (χ4n) is 1.60. The van der Waals surface area contributed by atoms with Crippen molar-refractivity contribution < 1.29 is 37.3 Å². The smallest absolute Gasteiger partial charge is 0.494 e. The lowest BCUT2D eigenvalue weighted by Crippen LogP contribution is -2.22. The molecule has 0 saturated carbocycles. The molecule has 1 amide bonds. The molecule has 2 N–H and O–H groups in total. The average Bonchev–Trinajstić information content (AvgIpc) is 2.42. The highest BCUT2D eigenvalue weighted by atomic mass is 35.6. The quantitative estimate of drug-likeness (QED) is 0.715. The van der Waals surface area contributed by atoms with Crippen LogP contribution in [-0.2, 0) is 11.3 Å². The number of hydrogen-bond acceptors (Lipinski definition) is 5. The Morgan fingerprint density at radius 1 is 1.29 bits per heavy atom. The second kappa shape index (κ2) is 8.19. The van der Waals surface area contributed by atoms with E-state index in [0.29, 0.717) is 0 Å². The van der Waals surface area contributed by atoms with Gasteiger partial charge in [0.1, 0.15) is 18.1 Å². The molecule has 0 saturated heterocycles. The van der Waals surface area contributed by atoms with Crippen LogP contribution < -0.4 is 14.8 Å². The highest BCUT2D eigenvalue weighted by Crippen LogP contribution is 2.36. The summed E-state index contributed by atoms with van der Waals surface area (Å²) >= 11 is 16.2. The summed E-state index contributed by atoms with van der Waals surface area (Å²) < 4.78 is 48.4. The number of benzene rings is 1. The maximum atomic E-state index is 12.3. The number of alkyl halides is 6. The van der Waals surface area contributed by atoms with Gasteiger partial charge < -0.3 is 19.3 Å². The molecule has 0 radical (unpaired) electrons. The third-order valence-electron chi connectivity index (χ3n) is 2.35. The summed E-state index contributed by atoms with van der Waals surface area (Å²) in [5.41, 5.74) is -0.298. The molecule has 0 fully saturated rings. The van der Waals surface area contributed by atoms with E-state index in [9.17, 15) is 23.1 Å². The maximum absolute atomic E-state index is 12.3. The van der Waals surface area contributed by atoms with Crippen LogP contribution >= 0.6 is 34.8 Å². The molecule has 6 nitrogen and oxygen atoms in total. The molecule has 0 aliphatic rings. The zero-order valence-corrected chi connectivity index (χ0v) is 14.2. The molecule has 1 aromatic rings. The third kappa shape index (κ3) is 7.08. The lowest BCUT2D eigenvalue weighted by molar-refractivity contribution is -0.274. The van der Waals surface area contributed by atoms with Gasteiger partial charge in [-0.05, 0) is 6.07 Å². The first kappa shape index (κ1) is 20.8. The summed E-state index contributed by atoms with van der Waals surface area (Å²) in [7, 11) is 1.19. The van der Waals surface area contributed by atoms with Crippen LogP contribution in [0.4, 0.5) is 23.7 Å². The van der Waals surface area contributed by atoms with Gasteiger partial charge in [-0.15, -0.1) is 13.2 Å². The van der Waals surface area contributed by atoms with Gasteiger partial charge in [-0.25, -0.2) is 4.79 Å². The fraction of sp³-hybridized carbons (Fsp3) is 0.417. The summed E-state index contributed by atoms with van der Waals surface area (Å²) in [6, 6.07) is 1.74. The van der Waals surface area contributed by atoms with E-state index >= 15 is 0 Å². The number of methoxy groups -OCH3 is 1. The van der Waals surface area contributed by atoms with Gasteiger partial charge in [0, 0.05) is 11.6 Å². The van der Waals surface area contributed by atoms with Gasteiger partial charge in [0.2, 0.25) is 3.79 Å². The number of amides is 1. The number of rotatable bonds is 5. The summed E-state index contributed by atoms with van der Waals surface area (Å²) in [4.78, 5) is 11.6. The first-order valence-corrected chi connectivity index (χ1v) is 7.16. The zero-order valence-electron chi connectivity index (χ0n) is 11.9. The van der Waals surface area contributed by atoms with E-state index in [4.69, 9.17) is 39.5 Å². The third-order valence-corrected chi connectivity index (χ3v) is 2.68.